The van der Waals surface area contributed by atoms with Gasteiger partial charge in [-0.1, -0.05) is 13.0 Å². The van der Waals surface area contributed by atoms with Crippen molar-refractivity contribution in [2.75, 3.05) is 19.6 Å². The van der Waals surface area contributed by atoms with Crippen molar-refractivity contribution in [1.29, 1.82) is 0 Å². The van der Waals surface area contributed by atoms with Crippen molar-refractivity contribution in [3.05, 3.63) is 29.8 Å². The lowest BCUT2D eigenvalue weighted by atomic mass is 10.2. The highest BCUT2D eigenvalue weighted by Gasteiger charge is 2.27. The highest BCUT2D eigenvalue weighted by molar-refractivity contribution is 7.89. The number of carbonyl (C=O) groups is 2. The van der Waals surface area contributed by atoms with E-state index in [1.54, 1.807) is 13.0 Å². The molecule has 1 aromatic carbocycles. The van der Waals surface area contributed by atoms with E-state index < -0.39 is 22.0 Å². The molecular weight excluding hydrogens is 342 g/mol. The SMILES string of the molecule is CCCNC(=O)[C@H](C)NC(=O)c1cccc(S(=O)(=O)N2CCCC2)c1. The van der Waals surface area contributed by atoms with Crippen LogP contribution >= 0.6 is 0 Å². The summed E-state index contributed by atoms with van der Waals surface area (Å²) in [6, 6.07) is 5.23. The molecule has 2 rings (SSSR count). The van der Waals surface area contributed by atoms with Gasteiger partial charge >= 0.3 is 0 Å². The van der Waals surface area contributed by atoms with Gasteiger partial charge in [0.05, 0.1) is 4.90 Å². The zero-order valence-corrected chi connectivity index (χ0v) is 15.4. The molecule has 1 atom stereocenters. The Bertz CT molecular complexity index is 727. The number of hydrogen-bond acceptors (Lipinski definition) is 4. The molecule has 8 heteroatoms. The Balaban J connectivity index is 2.10. The Morgan fingerprint density at radius 2 is 1.92 bits per heavy atom. The second-order valence-corrected chi connectivity index (χ2v) is 8.06. The minimum Gasteiger partial charge on any atom is -0.354 e. The van der Waals surface area contributed by atoms with E-state index in [9.17, 15) is 18.0 Å². The fourth-order valence-electron chi connectivity index (χ4n) is 2.62. The summed E-state index contributed by atoms with van der Waals surface area (Å²) in [5, 5.41) is 5.30. The highest BCUT2D eigenvalue weighted by atomic mass is 32.2. The van der Waals surface area contributed by atoms with Crippen LogP contribution < -0.4 is 10.6 Å². The zero-order valence-electron chi connectivity index (χ0n) is 14.6. The molecule has 1 heterocycles. The summed E-state index contributed by atoms with van der Waals surface area (Å²) < 4.78 is 26.6. The molecule has 138 valence electrons. The molecule has 0 bridgehead atoms. The molecule has 0 spiro atoms. The smallest absolute Gasteiger partial charge is 0.251 e. The van der Waals surface area contributed by atoms with E-state index in [4.69, 9.17) is 0 Å². The number of carbonyl (C=O) groups excluding carboxylic acids is 2. The normalized spacial score (nSPS) is 16.4. The summed E-state index contributed by atoms with van der Waals surface area (Å²) in [7, 11) is -3.58. The minimum atomic E-state index is -3.58. The zero-order chi connectivity index (χ0) is 18.4. The number of hydrogen-bond donors (Lipinski definition) is 2. The lowest BCUT2D eigenvalue weighted by molar-refractivity contribution is -0.122. The van der Waals surface area contributed by atoms with Crippen molar-refractivity contribution in [2.45, 2.75) is 44.0 Å². The summed E-state index contributed by atoms with van der Waals surface area (Å²) >= 11 is 0. The first-order valence-corrected chi connectivity index (χ1v) is 9.99. The first-order chi connectivity index (χ1) is 11.9. The van der Waals surface area contributed by atoms with Crippen LogP contribution in [0.5, 0.6) is 0 Å². The van der Waals surface area contributed by atoms with Gasteiger partial charge in [0.1, 0.15) is 6.04 Å². The largest absolute Gasteiger partial charge is 0.354 e. The van der Waals surface area contributed by atoms with Gasteiger partial charge in [0, 0.05) is 25.2 Å². The van der Waals surface area contributed by atoms with E-state index in [-0.39, 0.29) is 16.4 Å². The van der Waals surface area contributed by atoms with E-state index in [1.807, 2.05) is 6.92 Å². The number of nitrogens with one attached hydrogen (secondary N) is 2. The predicted octanol–water partition coefficient (Wildman–Crippen LogP) is 1.12. The van der Waals surface area contributed by atoms with Gasteiger partial charge in [0.15, 0.2) is 0 Å². The van der Waals surface area contributed by atoms with Gasteiger partial charge < -0.3 is 10.6 Å². The van der Waals surface area contributed by atoms with Gasteiger partial charge in [-0.15, -0.1) is 0 Å². The van der Waals surface area contributed by atoms with Gasteiger partial charge in [0.25, 0.3) is 5.91 Å². The van der Waals surface area contributed by atoms with Crippen LogP contribution in [-0.2, 0) is 14.8 Å². The number of rotatable bonds is 7. The summed E-state index contributed by atoms with van der Waals surface area (Å²) in [5.74, 6) is -0.742. The first kappa shape index (κ1) is 19.4. The van der Waals surface area contributed by atoms with Crippen LogP contribution in [0.15, 0.2) is 29.2 Å². The number of amides is 2. The Morgan fingerprint density at radius 1 is 1.24 bits per heavy atom. The predicted molar refractivity (Wildman–Crippen MR) is 94.7 cm³/mol. The molecule has 1 aliphatic rings. The Labute approximate surface area is 148 Å². The fraction of sp³-hybridized carbons (Fsp3) is 0.529. The second kappa shape index (κ2) is 8.44. The van der Waals surface area contributed by atoms with Gasteiger partial charge in [-0.05, 0) is 44.4 Å². The van der Waals surface area contributed by atoms with Gasteiger partial charge in [-0.3, -0.25) is 9.59 Å². The van der Waals surface area contributed by atoms with E-state index in [0.717, 1.165) is 19.3 Å². The summed E-state index contributed by atoms with van der Waals surface area (Å²) in [6.07, 6.45) is 2.51. The van der Waals surface area contributed by atoms with Crippen LogP contribution in [0, 0.1) is 0 Å². The lowest BCUT2D eigenvalue weighted by Crippen LogP contribution is -2.45. The molecule has 0 aromatic heterocycles. The van der Waals surface area contributed by atoms with E-state index in [2.05, 4.69) is 10.6 Å². The van der Waals surface area contributed by atoms with E-state index >= 15 is 0 Å². The first-order valence-electron chi connectivity index (χ1n) is 8.55. The maximum absolute atomic E-state index is 12.6. The molecule has 7 nitrogen and oxygen atoms in total. The maximum atomic E-state index is 12.6. The standard InChI is InChI=1S/C17H25N3O4S/c1-3-9-18-16(21)13(2)19-17(22)14-7-6-8-15(12-14)25(23,24)20-10-4-5-11-20/h6-8,12-13H,3-5,9-11H2,1-2H3,(H,18,21)(H,19,22)/t13-/m0/s1. The van der Waals surface area contributed by atoms with Crippen LogP contribution in [0.3, 0.4) is 0 Å². The summed E-state index contributed by atoms with van der Waals surface area (Å²) in [4.78, 5) is 24.3. The highest BCUT2D eigenvalue weighted by Crippen LogP contribution is 2.21. The molecule has 2 amide bonds. The van der Waals surface area contributed by atoms with Gasteiger partial charge in [0.2, 0.25) is 15.9 Å². The van der Waals surface area contributed by atoms with E-state index in [0.29, 0.717) is 19.6 Å². The molecule has 1 fully saturated rings. The fourth-order valence-corrected chi connectivity index (χ4v) is 4.19. The van der Waals surface area contributed by atoms with Crippen molar-refractivity contribution in [2.24, 2.45) is 0 Å². The topological polar surface area (TPSA) is 95.6 Å². The molecular formula is C17H25N3O4S. The van der Waals surface area contributed by atoms with Crippen LogP contribution in [0.1, 0.15) is 43.5 Å². The van der Waals surface area contributed by atoms with Crippen LogP contribution in [-0.4, -0.2) is 50.2 Å². The molecule has 1 aromatic rings. The van der Waals surface area contributed by atoms with Crippen molar-refractivity contribution >= 4 is 21.8 Å². The summed E-state index contributed by atoms with van der Waals surface area (Å²) in [5.41, 5.74) is 0.218. The Kier molecular flexibility index (Phi) is 6.55. The molecule has 0 unspecified atom stereocenters. The van der Waals surface area contributed by atoms with Crippen molar-refractivity contribution in [3.8, 4) is 0 Å². The monoisotopic (exact) mass is 367 g/mol. The van der Waals surface area contributed by atoms with Crippen molar-refractivity contribution in [1.82, 2.24) is 14.9 Å². The lowest BCUT2D eigenvalue weighted by Gasteiger charge is -2.17. The maximum Gasteiger partial charge on any atom is 0.251 e. The molecule has 25 heavy (non-hydrogen) atoms. The molecule has 0 saturated carbocycles. The van der Waals surface area contributed by atoms with Crippen LogP contribution in [0.2, 0.25) is 0 Å². The number of nitrogens with zero attached hydrogens (tertiary/aromatic N) is 1. The third kappa shape index (κ3) is 4.79. The summed E-state index contributed by atoms with van der Waals surface area (Å²) in [6.45, 7) is 5.09. The van der Waals surface area contributed by atoms with Crippen molar-refractivity contribution in [3.63, 3.8) is 0 Å². The van der Waals surface area contributed by atoms with Gasteiger partial charge in [-0.2, -0.15) is 4.31 Å². The molecule has 1 aliphatic heterocycles. The number of benzene rings is 1. The molecule has 0 radical (unpaired) electrons. The average Bonchev–Trinajstić information content (AvgIpc) is 3.15. The molecule has 1 saturated heterocycles. The second-order valence-electron chi connectivity index (χ2n) is 6.13. The quantitative estimate of drug-likeness (QED) is 0.755. The minimum absolute atomic E-state index is 0.102. The third-order valence-electron chi connectivity index (χ3n) is 4.09. The Morgan fingerprint density at radius 3 is 2.56 bits per heavy atom. The van der Waals surface area contributed by atoms with Gasteiger partial charge in [-0.25, -0.2) is 8.42 Å². The molecule has 2 N–H and O–H groups in total. The third-order valence-corrected chi connectivity index (χ3v) is 5.98. The van der Waals surface area contributed by atoms with E-state index in [1.165, 1.54) is 22.5 Å². The molecule has 0 aliphatic carbocycles. The van der Waals surface area contributed by atoms with Crippen LogP contribution in [0.25, 0.3) is 0 Å². The number of sulfonamides is 1. The Hall–Kier alpha value is -1.93. The van der Waals surface area contributed by atoms with Crippen molar-refractivity contribution < 1.29 is 18.0 Å². The average molecular weight is 367 g/mol. The van der Waals surface area contributed by atoms with Crippen LogP contribution in [0.4, 0.5) is 0 Å².